The second-order valence-corrected chi connectivity index (χ2v) is 7.41. The largest absolute Gasteiger partial charge is 0.451 e. The standard InChI is InChI=1S/C24H22N4O7/c1-4-12-27-23(32)20(21(25)28(24(27)33)17-8-6-5-7-9-17)26-22(31)16-10-11-18(34-14(2)29)19(13-16)35-15(3)30/h5-11,13,25H,4,12H2,1-3H3/p+1. The molecule has 1 aliphatic rings. The van der Waals surface area contributed by atoms with Gasteiger partial charge in [-0.3, -0.25) is 14.4 Å². The SMILES string of the molecule is CCCN1C(=O)C(=NC(=O)c2ccc(OC(C)=O)c(OC(C)=O)c2)C(N)=[N+](c2ccccc2)C1=O. The summed E-state index contributed by atoms with van der Waals surface area (Å²) in [5.74, 6) is -3.63. The first-order valence-corrected chi connectivity index (χ1v) is 10.6. The van der Waals surface area contributed by atoms with Crippen LogP contribution in [0.5, 0.6) is 11.5 Å². The van der Waals surface area contributed by atoms with E-state index in [4.69, 9.17) is 15.2 Å². The van der Waals surface area contributed by atoms with E-state index in [1.807, 2.05) is 0 Å². The number of hydrogen-bond acceptors (Lipinski definition) is 8. The molecule has 2 aromatic carbocycles. The van der Waals surface area contributed by atoms with Crippen LogP contribution in [0.15, 0.2) is 53.5 Å². The molecule has 2 N–H and O–H groups in total. The van der Waals surface area contributed by atoms with E-state index >= 15 is 0 Å². The summed E-state index contributed by atoms with van der Waals surface area (Å²) in [6.07, 6.45) is 0.477. The summed E-state index contributed by atoms with van der Waals surface area (Å²) in [6.45, 7) is 4.19. The van der Waals surface area contributed by atoms with Gasteiger partial charge >= 0.3 is 23.9 Å². The van der Waals surface area contributed by atoms with Crippen molar-refractivity contribution in [3.05, 3.63) is 54.1 Å². The Bertz CT molecular complexity index is 1280. The van der Waals surface area contributed by atoms with Gasteiger partial charge in [-0.05, 0) is 36.8 Å². The minimum atomic E-state index is -0.891. The van der Waals surface area contributed by atoms with E-state index in [0.717, 1.165) is 29.4 Å². The Morgan fingerprint density at radius 3 is 2.20 bits per heavy atom. The van der Waals surface area contributed by atoms with Gasteiger partial charge < -0.3 is 15.2 Å². The van der Waals surface area contributed by atoms with Crippen LogP contribution in [0.4, 0.5) is 10.5 Å². The second kappa shape index (κ2) is 10.5. The molecule has 0 radical (unpaired) electrons. The molecule has 1 aliphatic heterocycles. The van der Waals surface area contributed by atoms with Crippen molar-refractivity contribution in [2.24, 2.45) is 10.7 Å². The Labute approximate surface area is 200 Å². The van der Waals surface area contributed by atoms with Crippen LogP contribution in [-0.2, 0) is 14.4 Å². The highest BCUT2D eigenvalue weighted by molar-refractivity contribution is 6.68. The number of para-hydroxylation sites is 1. The van der Waals surface area contributed by atoms with Crippen LogP contribution in [0.3, 0.4) is 0 Å². The summed E-state index contributed by atoms with van der Waals surface area (Å²) in [4.78, 5) is 66.7. The lowest BCUT2D eigenvalue weighted by Crippen LogP contribution is -2.57. The van der Waals surface area contributed by atoms with E-state index in [1.165, 1.54) is 12.1 Å². The van der Waals surface area contributed by atoms with Gasteiger partial charge in [0.15, 0.2) is 11.5 Å². The van der Waals surface area contributed by atoms with Crippen LogP contribution in [0, 0.1) is 0 Å². The number of hydrogen-bond donors (Lipinski definition) is 1. The van der Waals surface area contributed by atoms with Gasteiger partial charge in [0.2, 0.25) is 5.71 Å². The van der Waals surface area contributed by atoms with Crippen molar-refractivity contribution in [1.82, 2.24) is 4.90 Å². The summed E-state index contributed by atoms with van der Waals surface area (Å²) in [6, 6.07) is 11.4. The van der Waals surface area contributed by atoms with Crippen LogP contribution in [0.1, 0.15) is 37.6 Å². The highest BCUT2D eigenvalue weighted by atomic mass is 16.6. The molecule has 0 unspecified atom stereocenters. The zero-order chi connectivity index (χ0) is 25.7. The topological polar surface area (TPSA) is 148 Å². The Hall–Kier alpha value is -4.67. The molecule has 0 bridgehead atoms. The third-order valence-electron chi connectivity index (χ3n) is 4.73. The van der Waals surface area contributed by atoms with E-state index in [-0.39, 0.29) is 29.4 Å². The monoisotopic (exact) mass is 479 g/mol. The van der Waals surface area contributed by atoms with Gasteiger partial charge in [0.05, 0.1) is 6.54 Å². The van der Waals surface area contributed by atoms with E-state index in [1.54, 1.807) is 37.3 Å². The highest BCUT2D eigenvalue weighted by Gasteiger charge is 2.44. The minimum absolute atomic E-state index is 0.0737. The van der Waals surface area contributed by atoms with E-state index in [9.17, 15) is 24.0 Å². The maximum atomic E-state index is 13.0. The fourth-order valence-electron chi connectivity index (χ4n) is 3.29. The Balaban J connectivity index is 2.10. The zero-order valence-electron chi connectivity index (χ0n) is 19.3. The molecule has 2 aromatic rings. The van der Waals surface area contributed by atoms with Crippen molar-refractivity contribution in [3.63, 3.8) is 0 Å². The Morgan fingerprint density at radius 1 is 0.971 bits per heavy atom. The van der Waals surface area contributed by atoms with Crippen molar-refractivity contribution in [3.8, 4) is 11.5 Å². The number of carbonyl (C=O) groups excluding carboxylic acids is 5. The molecule has 0 fully saturated rings. The number of ether oxygens (including phenoxy) is 2. The number of amidine groups is 1. The number of imide groups is 1. The molecular formula is C24H23N4O7+. The Kier molecular flexibility index (Phi) is 7.49. The van der Waals surface area contributed by atoms with Crippen molar-refractivity contribution in [2.75, 3.05) is 6.54 Å². The molecule has 11 heteroatoms. The molecule has 11 nitrogen and oxygen atoms in total. The first-order chi connectivity index (χ1) is 16.6. The molecule has 0 saturated carbocycles. The van der Waals surface area contributed by atoms with Gasteiger partial charge in [0.25, 0.3) is 11.7 Å². The lowest BCUT2D eigenvalue weighted by Gasteiger charge is -2.23. The van der Waals surface area contributed by atoms with Crippen molar-refractivity contribution < 1.29 is 38.0 Å². The highest BCUT2D eigenvalue weighted by Crippen LogP contribution is 2.29. The fraction of sp³-hybridized carbons (Fsp3) is 0.208. The number of amides is 4. The average molecular weight is 479 g/mol. The lowest BCUT2D eigenvalue weighted by molar-refractivity contribution is -0.343. The number of nitrogens with two attached hydrogens (primary N) is 1. The van der Waals surface area contributed by atoms with E-state index < -0.39 is 35.5 Å². The minimum Gasteiger partial charge on any atom is -0.423 e. The van der Waals surface area contributed by atoms with E-state index in [0.29, 0.717) is 12.1 Å². The first kappa shape index (κ1) is 25.0. The maximum Gasteiger partial charge on any atom is 0.451 e. The first-order valence-electron chi connectivity index (χ1n) is 10.6. The van der Waals surface area contributed by atoms with Crippen molar-refractivity contribution in [2.45, 2.75) is 27.2 Å². The average Bonchev–Trinajstić information content (AvgIpc) is 2.80. The number of urea groups is 1. The van der Waals surface area contributed by atoms with Crippen LogP contribution in [0.2, 0.25) is 0 Å². The third kappa shape index (κ3) is 5.46. The van der Waals surface area contributed by atoms with Crippen molar-refractivity contribution in [1.29, 1.82) is 0 Å². The molecule has 1 heterocycles. The van der Waals surface area contributed by atoms with Crippen LogP contribution in [-0.4, -0.2) is 57.4 Å². The van der Waals surface area contributed by atoms with Gasteiger partial charge in [-0.15, -0.1) is 0 Å². The second-order valence-electron chi connectivity index (χ2n) is 7.41. The van der Waals surface area contributed by atoms with Gasteiger partial charge in [-0.1, -0.05) is 25.1 Å². The third-order valence-corrected chi connectivity index (χ3v) is 4.73. The molecule has 0 aliphatic carbocycles. The van der Waals surface area contributed by atoms with Gasteiger partial charge in [0, 0.05) is 19.4 Å². The summed E-state index contributed by atoms with van der Waals surface area (Å²) < 4.78 is 11.1. The Morgan fingerprint density at radius 2 is 1.60 bits per heavy atom. The number of carbonyl (C=O) groups is 5. The number of esters is 2. The molecule has 0 saturated heterocycles. The van der Waals surface area contributed by atoms with Crippen LogP contribution >= 0.6 is 0 Å². The van der Waals surface area contributed by atoms with Gasteiger partial charge in [0.1, 0.15) is 5.69 Å². The molecule has 0 atom stereocenters. The molecule has 35 heavy (non-hydrogen) atoms. The quantitative estimate of drug-likeness (QED) is 0.377. The molecular weight excluding hydrogens is 456 g/mol. The molecule has 0 spiro atoms. The van der Waals surface area contributed by atoms with Crippen LogP contribution in [0.25, 0.3) is 0 Å². The smallest absolute Gasteiger partial charge is 0.423 e. The predicted octanol–water partition coefficient (Wildman–Crippen LogP) is 2.19. The van der Waals surface area contributed by atoms with Crippen LogP contribution < -0.4 is 15.2 Å². The van der Waals surface area contributed by atoms with Gasteiger partial charge in [-0.25, -0.2) is 9.59 Å². The number of aliphatic imine (C=N–C) groups is 1. The fourth-order valence-corrected chi connectivity index (χ4v) is 3.29. The summed E-state index contributed by atoms with van der Waals surface area (Å²) in [5, 5.41) is 0. The number of benzene rings is 2. The summed E-state index contributed by atoms with van der Waals surface area (Å²) in [7, 11) is 0. The lowest BCUT2D eigenvalue weighted by atomic mass is 10.1. The molecule has 0 aromatic heterocycles. The molecule has 3 rings (SSSR count). The summed E-state index contributed by atoms with van der Waals surface area (Å²) >= 11 is 0. The normalized spacial score (nSPS) is 14.8. The van der Waals surface area contributed by atoms with Crippen molar-refractivity contribution >= 4 is 47.0 Å². The predicted molar refractivity (Wildman–Crippen MR) is 124 cm³/mol. The zero-order valence-corrected chi connectivity index (χ0v) is 19.3. The molecule has 4 amide bonds. The summed E-state index contributed by atoms with van der Waals surface area (Å²) in [5.41, 5.74) is 6.07. The number of rotatable bonds is 6. The number of nitrogens with zero attached hydrogens (tertiary/aromatic N) is 3. The maximum absolute atomic E-state index is 13.0. The molecule has 180 valence electrons. The van der Waals surface area contributed by atoms with Gasteiger partial charge in [-0.2, -0.15) is 14.5 Å². The van der Waals surface area contributed by atoms with E-state index in [2.05, 4.69) is 4.99 Å².